The van der Waals surface area contributed by atoms with E-state index in [4.69, 9.17) is 0 Å². The van der Waals surface area contributed by atoms with Crippen molar-refractivity contribution >= 4 is 39.9 Å². The first-order valence-corrected chi connectivity index (χ1v) is 9.09. The van der Waals surface area contributed by atoms with E-state index in [1.807, 2.05) is 6.92 Å². The second-order valence-corrected chi connectivity index (χ2v) is 7.09. The van der Waals surface area contributed by atoms with Crippen molar-refractivity contribution in [3.63, 3.8) is 0 Å². The average molecular weight is 412 g/mol. The quantitative estimate of drug-likeness (QED) is 0.518. The summed E-state index contributed by atoms with van der Waals surface area (Å²) in [7, 11) is 1.78. The Hall–Kier alpha value is -3.89. The molecule has 2 aromatic heterocycles. The third kappa shape index (κ3) is 3.34. The van der Waals surface area contributed by atoms with Gasteiger partial charge in [0.25, 0.3) is 0 Å². The second-order valence-electron chi connectivity index (χ2n) is 7.09. The van der Waals surface area contributed by atoms with Crippen LogP contribution < -0.4 is 10.2 Å². The summed E-state index contributed by atoms with van der Waals surface area (Å²) in [5.41, 5.74) is 1.39. The summed E-state index contributed by atoms with van der Waals surface area (Å²) in [6.45, 7) is 1.88. The summed E-state index contributed by atoms with van der Waals surface area (Å²) in [5, 5.41) is 18.8. The summed E-state index contributed by atoms with van der Waals surface area (Å²) in [5.74, 6) is -2.39. The highest BCUT2D eigenvalue weighted by Crippen LogP contribution is 2.30. The molecule has 1 aliphatic rings. The van der Waals surface area contributed by atoms with Crippen LogP contribution in [0.15, 0.2) is 30.5 Å². The molecule has 0 spiro atoms. The molecular formula is C19H17FN6O4. The lowest BCUT2D eigenvalue weighted by atomic mass is 10.1. The zero-order chi connectivity index (χ0) is 21.6. The summed E-state index contributed by atoms with van der Waals surface area (Å²) >= 11 is 0. The first-order valence-electron chi connectivity index (χ1n) is 9.09. The van der Waals surface area contributed by atoms with Gasteiger partial charge in [0.2, 0.25) is 17.6 Å². The minimum Gasteiger partial charge on any atom is -0.324 e. The fourth-order valence-electron chi connectivity index (χ4n) is 3.56. The number of rotatable bonds is 4. The number of hydrogen-bond acceptors (Lipinski definition) is 6. The number of halogens is 1. The maximum absolute atomic E-state index is 13.6. The van der Waals surface area contributed by atoms with Crippen molar-refractivity contribution in [2.24, 2.45) is 13.0 Å². The van der Waals surface area contributed by atoms with Crippen molar-refractivity contribution in [2.75, 3.05) is 16.8 Å². The van der Waals surface area contributed by atoms with Crippen molar-refractivity contribution in [3.8, 4) is 0 Å². The molecular weight excluding hydrogens is 395 g/mol. The van der Waals surface area contributed by atoms with Crippen LogP contribution in [0.3, 0.4) is 0 Å². The maximum atomic E-state index is 13.6. The molecule has 30 heavy (non-hydrogen) atoms. The summed E-state index contributed by atoms with van der Waals surface area (Å²) in [6.07, 6.45) is 1.46. The van der Waals surface area contributed by atoms with Crippen LogP contribution in [0.4, 0.5) is 21.5 Å². The smallest absolute Gasteiger partial charge is 0.306 e. The third-order valence-corrected chi connectivity index (χ3v) is 5.06. The molecule has 0 radical (unpaired) electrons. The van der Waals surface area contributed by atoms with E-state index in [1.54, 1.807) is 17.8 Å². The largest absolute Gasteiger partial charge is 0.324 e. The molecule has 1 fully saturated rings. The molecule has 0 aliphatic carbocycles. The summed E-state index contributed by atoms with van der Waals surface area (Å²) in [4.78, 5) is 40.7. The number of carbonyl (C=O) groups excluding carboxylic acids is 2. The van der Waals surface area contributed by atoms with Gasteiger partial charge in [0.15, 0.2) is 5.65 Å². The molecule has 1 N–H and O–H groups in total. The number of aromatic nitrogens is 3. The van der Waals surface area contributed by atoms with E-state index in [-0.39, 0.29) is 30.5 Å². The number of nitrogens with zero attached hydrogens (tertiary/aromatic N) is 5. The van der Waals surface area contributed by atoms with E-state index in [2.05, 4.69) is 15.4 Å². The molecule has 154 valence electrons. The number of benzene rings is 1. The van der Waals surface area contributed by atoms with Crippen molar-refractivity contribution < 1.29 is 18.9 Å². The number of nitro benzene ring substituents is 1. The first kappa shape index (κ1) is 19.4. The maximum Gasteiger partial charge on any atom is 0.306 e. The fourth-order valence-corrected chi connectivity index (χ4v) is 3.56. The Bertz CT molecular complexity index is 1210. The molecule has 0 saturated carbocycles. The van der Waals surface area contributed by atoms with E-state index >= 15 is 0 Å². The fraction of sp³-hybridized carbons (Fsp3) is 0.263. The number of aryl methyl sites for hydroxylation is 2. The Morgan fingerprint density at radius 2 is 2.13 bits per heavy atom. The normalized spacial score (nSPS) is 16.3. The van der Waals surface area contributed by atoms with Gasteiger partial charge in [-0.25, -0.2) is 4.98 Å². The van der Waals surface area contributed by atoms with Crippen LogP contribution in [-0.4, -0.2) is 38.0 Å². The third-order valence-electron chi connectivity index (χ3n) is 5.06. The molecule has 0 bridgehead atoms. The molecule has 3 heterocycles. The molecule has 1 unspecified atom stereocenters. The molecule has 1 saturated heterocycles. The van der Waals surface area contributed by atoms with Gasteiger partial charge in [-0.3, -0.25) is 24.4 Å². The Balaban J connectivity index is 1.51. The summed E-state index contributed by atoms with van der Waals surface area (Å²) in [6, 6.07) is 4.98. The minimum atomic E-state index is -0.988. The van der Waals surface area contributed by atoms with Crippen molar-refractivity contribution in [2.45, 2.75) is 13.3 Å². The minimum absolute atomic E-state index is 0.0368. The number of nitrogens with one attached hydrogen (secondary N) is 1. The van der Waals surface area contributed by atoms with Crippen LogP contribution in [0.1, 0.15) is 12.1 Å². The lowest BCUT2D eigenvalue weighted by Gasteiger charge is -2.16. The van der Waals surface area contributed by atoms with Crippen LogP contribution >= 0.6 is 0 Å². The van der Waals surface area contributed by atoms with Crippen LogP contribution in [0.5, 0.6) is 0 Å². The molecule has 1 aromatic carbocycles. The molecule has 1 aliphatic heterocycles. The van der Waals surface area contributed by atoms with Crippen LogP contribution in [0.25, 0.3) is 11.0 Å². The van der Waals surface area contributed by atoms with E-state index < -0.39 is 22.3 Å². The van der Waals surface area contributed by atoms with Crippen LogP contribution in [0.2, 0.25) is 0 Å². The van der Waals surface area contributed by atoms with Crippen molar-refractivity contribution in [3.05, 3.63) is 52.1 Å². The highest BCUT2D eigenvalue weighted by molar-refractivity contribution is 6.04. The SMILES string of the molecule is Cc1nn(C)c2ncc(NC(=O)C3CC(=O)N(c4ccc(F)c([N+](=O)[O-])c4)C3)cc12. The Labute approximate surface area is 169 Å². The monoisotopic (exact) mass is 412 g/mol. The number of anilines is 2. The number of fused-ring (bicyclic) bond motifs is 1. The Kier molecular flexibility index (Phi) is 4.65. The van der Waals surface area contributed by atoms with E-state index in [0.717, 1.165) is 23.2 Å². The van der Waals surface area contributed by atoms with Crippen molar-refractivity contribution in [1.82, 2.24) is 14.8 Å². The topological polar surface area (TPSA) is 123 Å². The van der Waals surface area contributed by atoms with Gasteiger partial charge in [-0.1, -0.05) is 0 Å². The van der Waals surface area contributed by atoms with E-state index in [0.29, 0.717) is 11.3 Å². The van der Waals surface area contributed by atoms with Gasteiger partial charge < -0.3 is 10.2 Å². The summed E-state index contributed by atoms with van der Waals surface area (Å²) < 4.78 is 15.2. The zero-order valence-electron chi connectivity index (χ0n) is 16.1. The van der Waals surface area contributed by atoms with Gasteiger partial charge >= 0.3 is 5.69 Å². The number of amides is 2. The zero-order valence-corrected chi connectivity index (χ0v) is 16.1. The van der Waals surface area contributed by atoms with E-state index in [1.165, 1.54) is 17.2 Å². The van der Waals surface area contributed by atoms with Gasteiger partial charge in [-0.15, -0.1) is 0 Å². The van der Waals surface area contributed by atoms with Gasteiger partial charge in [0, 0.05) is 31.5 Å². The van der Waals surface area contributed by atoms with Crippen LogP contribution in [-0.2, 0) is 16.6 Å². The number of nitro groups is 1. The Morgan fingerprint density at radius 1 is 1.37 bits per heavy atom. The molecule has 11 heteroatoms. The average Bonchev–Trinajstić information content (AvgIpc) is 3.22. The number of pyridine rings is 1. The van der Waals surface area contributed by atoms with Gasteiger partial charge in [0.05, 0.1) is 34.1 Å². The molecule has 3 aromatic rings. The highest BCUT2D eigenvalue weighted by Gasteiger charge is 2.36. The lowest BCUT2D eigenvalue weighted by Crippen LogP contribution is -2.28. The van der Waals surface area contributed by atoms with Gasteiger partial charge in [0.1, 0.15) is 0 Å². The lowest BCUT2D eigenvalue weighted by molar-refractivity contribution is -0.387. The standard InChI is InChI=1S/C19H17FN6O4/c1-10-14-6-12(8-21-18(14)24(2)23-10)22-19(28)11-5-17(27)25(9-11)13-3-4-15(20)16(7-13)26(29)30/h3-4,6-8,11H,5,9H2,1-2H3,(H,22,28). The predicted octanol–water partition coefficient (Wildman–Crippen LogP) is 2.32. The number of carbonyl (C=O) groups is 2. The molecule has 2 amide bonds. The van der Waals surface area contributed by atoms with Gasteiger partial charge in [-0.2, -0.15) is 9.49 Å². The van der Waals surface area contributed by atoms with Crippen LogP contribution in [0, 0.1) is 28.8 Å². The van der Waals surface area contributed by atoms with Crippen molar-refractivity contribution in [1.29, 1.82) is 0 Å². The molecule has 10 nitrogen and oxygen atoms in total. The number of hydrogen-bond donors (Lipinski definition) is 1. The Morgan fingerprint density at radius 3 is 2.87 bits per heavy atom. The van der Waals surface area contributed by atoms with E-state index in [9.17, 15) is 24.1 Å². The first-order chi connectivity index (χ1) is 14.2. The highest BCUT2D eigenvalue weighted by atomic mass is 19.1. The predicted molar refractivity (Wildman–Crippen MR) is 105 cm³/mol. The second kappa shape index (κ2) is 7.17. The van der Waals surface area contributed by atoms with Gasteiger partial charge in [-0.05, 0) is 25.1 Å². The molecule has 1 atom stereocenters. The molecule has 4 rings (SSSR count).